The summed E-state index contributed by atoms with van der Waals surface area (Å²) >= 11 is 0. The summed E-state index contributed by atoms with van der Waals surface area (Å²) in [6, 6.07) is 0. The first kappa shape index (κ1) is 13.5. The van der Waals surface area contributed by atoms with Crippen LogP contribution in [0.15, 0.2) is 11.1 Å². The highest BCUT2D eigenvalue weighted by molar-refractivity contribution is 5.50. The van der Waals surface area contributed by atoms with E-state index >= 15 is 0 Å². The lowest BCUT2D eigenvalue weighted by Crippen LogP contribution is -2.30. The van der Waals surface area contributed by atoms with Crippen molar-refractivity contribution in [2.45, 2.75) is 19.8 Å². The largest absolute Gasteiger partial charge is 0.489 e. The SMILES string of the molecule is CCCN(CCCN)c1nc[nH]c(=O)c1OC. The summed E-state index contributed by atoms with van der Waals surface area (Å²) < 4.78 is 5.10. The second-order valence-corrected chi connectivity index (χ2v) is 3.72. The molecular weight excluding hydrogens is 220 g/mol. The van der Waals surface area contributed by atoms with Crippen molar-refractivity contribution in [2.24, 2.45) is 5.73 Å². The van der Waals surface area contributed by atoms with Gasteiger partial charge < -0.3 is 20.4 Å². The molecular formula is C11H20N4O2. The van der Waals surface area contributed by atoms with Crippen molar-refractivity contribution < 1.29 is 4.74 Å². The third-order valence-corrected chi connectivity index (χ3v) is 2.42. The van der Waals surface area contributed by atoms with Gasteiger partial charge in [-0.2, -0.15) is 0 Å². The summed E-state index contributed by atoms with van der Waals surface area (Å²) in [5.74, 6) is 0.851. The van der Waals surface area contributed by atoms with Gasteiger partial charge in [-0.15, -0.1) is 0 Å². The molecule has 0 amide bonds. The molecule has 17 heavy (non-hydrogen) atoms. The van der Waals surface area contributed by atoms with E-state index < -0.39 is 0 Å². The molecule has 1 rings (SSSR count). The van der Waals surface area contributed by atoms with Crippen molar-refractivity contribution in [1.82, 2.24) is 9.97 Å². The Hall–Kier alpha value is -1.56. The van der Waals surface area contributed by atoms with Crippen molar-refractivity contribution in [2.75, 3.05) is 31.6 Å². The molecule has 0 saturated carbocycles. The smallest absolute Gasteiger partial charge is 0.295 e. The molecule has 0 aliphatic heterocycles. The van der Waals surface area contributed by atoms with Gasteiger partial charge >= 0.3 is 0 Å². The van der Waals surface area contributed by atoms with Crippen LogP contribution in [0.4, 0.5) is 5.82 Å². The van der Waals surface area contributed by atoms with E-state index in [1.165, 1.54) is 13.4 Å². The topological polar surface area (TPSA) is 84.2 Å². The Morgan fingerprint density at radius 1 is 1.53 bits per heavy atom. The molecule has 0 saturated heterocycles. The first-order chi connectivity index (χ1) is 8.24. The van der Waals surface area contributed by atoms with Gasteiger partial charge in [0.15, 0.2) is 5.82 Å². The lowest BCUT2D eigenvalue weighted by Gasteiger charge is -2.23. The number of methoxy groups -OCH3 is 1. The van der Waals surface area contributed by atoms with Gasteiger partial charge in [-0.25, -0.2) is 4.98 Å². The molecule has 0 aliphatic rings. The first-order valence-corrected chi connectivity index (χ1v) is 5.81. The van der Waals surface area contributed by atoms with Crippen LogP contribution in [0.25, 0.3) is 0 Å². The molecule has 0 atom stereocenters. The molecule has 0 bridgehead atoms. The van der Waals surface area contributed by atoms with E-state index in [2.05, 4.69) is 16.9 Å². The normalized spacial score (nSPS) is 10.3. The lowest BCUT2D eigenvalue weighted by atomic mass is 10.3. The molecule has 0 aromatic carbocycles. The second kappa shape index (κ2) is 6.90. The Morgan fingerprint density at radius 3 is 2.88 bits per heavy atom. The summed E-state index contributed by atoms with van der Waals surface area (Å²) in [6.07, 6.45) is 3.23. The van der Waals surface area contributed by atoms with Crippen LogP contribution in [-0.4, -0.2) is 36.7 Å². The Balaban J connectivity index is 2.99. The van der Waals surface area contributed by atoms with Crippen LogP contribution >= 0.6 is 0 Å². The Labute approximate surface area is 101 Å². The summed E-state index contributed by atoms with van der Waals surface area (Å²) in [4.78, 5) is 20.3. The minimum Gasteiger partial charge on any atom is -0.489 e. The van der Waals surface area contributed by atoms with Crippen LogP contribution in [0.1, 0.15) is 19.8 Å². The van der Waals surface area contributed by atoms with Gasteiger partial charge in [-0.1, -0.05) is 6.92 Å². The number of nitrogens with two attached hydrogens (primary N) is 1. The molecule has 3 N–H and O–H groups in total. The maximum atomic E-state index is 11.6. The fraction of sp³-hybridized carbons (Fsp3) is 0.636. The number of aromatic nitrogens is 2. The molecule has 0 aliphatic carbocycles. The average Bonchev–Trinajstić information content (AvgIpc) is 2.34. The predicted octanol–water partition coefficient (Wildman–Crippen LogP) is 0.344. The number of H-pyrrole nitrogens is 1. The van der Waals surface area contributed by atoms with Crippen LogP contribution in [0.3, 0.4) is 0 Å². The van der Waals surface area contributed by atoms with Gasteiger partial charge in [-0.05, 0) is 19.4 Å². The minimum absolute atomic E-state index is 0.258. The molecule has 0 spiro atoms. The average molecular weight is 240 g/mol. The summed E-state index contributed by atoms with van der Waals surface area (Å²) in [5.41, 5.74) is 5.25. The van der Waals surface area contributed by atoms with Crippen molar-refractivity contribution in [3.63, 3.8) is 0 Å². The third-order valence-electron chi connectivity index (χ3n) is 2.42. The minimum atomic E-state index is -0.258. The monoisotopic (exact) mass is 240 g/mol. The maximum absolute atomic E-state index is 11.6. The van der Waals surface area contributed by atoms with Crippen molar-refractivity contribution in [1.29, 1.82) is 0 Å². The van der Waals surface area contributed by atoms with Crippen LogP contribution in [-0.2, 0) is 0 Å². The van der Waals surface area contributed by atoms with Crippen LogP contribution < -0.4 is 20.9 Å². The number of anilines is 1. The standard InChI is InChI=1S/C11H20N4O2/c1-3-6-15(7-4-5-12)10-9(17-2)11(16)14-8-13-10/h8H,3-7,12H2,1-2H3,(H,13,14,16). The Morgan fingerprint density at radius 2 is 2.29 bits per heavy atom. The quantitative estimate of drug-likeness (QED) is 0.718. The molecule has 0 radical (unpaired) electrons. The number of aromatic amines is 1. The van der Waals surface area contributed by atoms with Gasteiger partial charge in [0, 0.05) is 13.1 Å². The fourth-order valence-electron chi connectivity index (χ4n) is 1.66. The maximum Gasteiger partial charge on any atom is 0.295 e. The highest BCUT2D eigenvalue weighted by Gasteiger charge is 2.15. The van der Waals surface area contributed by atoms with Crippen LogP contribution in [0.5, 0.6) is 5.75 Å². The van der Waals surface area contributed by atoms with Gasteiger partial charge in [0.1, 0.15) is 0 Å². The number of hydrogen-bond donors (Lipinski definition) is 2. The van der Waals surface area contributed by atoms with E-state index in [9.17, 15) is 4.79 Å². The van der Waals surface area contributed by atoms with E-state index in [4.69, 9.17) is 10.5 Å². The molecule has 0 fully saturated rings. The number of nitrogens with zero attached hydrogens (tertiary/aromatic N) is 2. The van der Waals surface area contributed by atoms with Gasteiger partial charge in [0.25, 0.3) is 5.56 Å². The zero-order chi connectivity index (χ0) is 12.7. The van der Waals surface area contributed by atoms with Crippen molar-refractivity contribution in [3.05, 3.63) is 16.7 Å². The van der Waals surface area contributed by atoms with Crippen molar-refractivity contribution in [3.8, 4) is 5.75 Å². The molecule has 96 valence electrons. The van der Waals surface area contributed by atoms with E-state index in [0.29, 0.717) is 12.4 Å². The molecule has 6 heteroatoms. The summed E-state index contributed by atoms with van der Waals surface area (Å²) in [7, 11) is 1.48. The molecule has 6 nitrogen and oxygen atoms in total. The predicted molar refractivity (Wildman–Crippen MR) is 67.6 cm³/mol. The highest BCUT2D eigenvalue weighted by Crippen LogP contribution is 2.20. The molecule has 0 unspecified atom stereocenters. The number of rotatable bonds is 7. The Kier molecular flexibility index (Phi) is 5.48. The van der Waals surface area contributed by atoms with E-state index in [1.54, 1.807) is 0 Å². The third kappa shape index (κ3) is 3.45. The highest BCUT2D eigenvalue weighted by atomic mass is 16.5. The number of nitrogens with one attached hydrogen (secondary N) is 1. The Bertz CT molecular complexity index is 391. The zero-order valence-corrected chi connectivity index (χ0v) is 10.4. The van der Waals surface area contributed by atoms with Gasteiger partial charge in [0.2, 0.25) is 5.75 Å². The summed E-state index contributed by atoms with van der Waals surface area (Å²) in [5, 5.41) is 0. The summed E-state index contributed by atoms with van der Waals surface area (Å²) in [6.45, 7) is 4.30. The molecule has 1 aromatic heterocycles. The van der Waals surface area contributed by atoms with Crippen LogP contribution in [0.2, 0.25) is 0 Å². The first-order valence-electron chi connectivity index (χ1n) is 5.81. The van der Waals surface area contributed by atoms with E-state index in [1.807, 2.05) is 4.90 Å². The van der Waals surface area contributed by atoms with E-state index in [0.717, 1.165) is 25.9 Å². The van der Waals surface area contributed by atoms with Crippen LogP contribution in [0, 0.1) is 0 Å². The number of hydrogen-bond acceptors (Lipinski definition) is 5. The van der Waals surface area contributed by atoms with Crippen molar-refractivity contribution >= 4 is 5.82 Å². The molecule has 1 aromatic rings. The number of ether oxygens (including phenoxy) is 1. The lowest BCUT2D eigenvalue weighted by molar-refractivity contribution is 0.405. The van der Waals surface area contributed by atoms with E-state index in [-0.39, 0.29) is 11.3 Å². The second-order valence-electron chi connectivity index (χ2n) is 3.72. The van der Waals surface area contributed by atoms with Gasteiger partial charge in [0.05, 0.1) is 13.4 Å². The fourth-order valence-corrected chi connectivity index (χ4v) is 1.66. The zero-order valence-electron chi connectivity index (χ0n) is 10.4. The van der Waals surface area contributed by atoms with Gasteiger partial charge in [-0.3, -0.25) is 4.79 Å². The molecule has 1 heterocycles.